The number of hydrogen-bond donors (Lipinski definition) is 2. The maximum atomic E-state index is 12.5. The van der Waals surface area contributed by atoms with Crippen molar-refractivity contribution >= 4 is 5.78 Å². The van der Waals surface area contributed by atoms with Crippen LogP contribution in [0.25, 0.3) is 0 Å². The summed E-state index contributed by atoms with van der Waals surface area (Å²) in [5, 5.41) is 0. The van der Waals surface area contributed by atoms with E-state index in [1.807, 2.05) is 36.4 Å². The molecule has 0 amide bonds. The largest absolute Gasteiger partial charge is 0.326 e. The normalized spacial score (nSPS) is 10.3. The molecule has 0 bridgehead atoms. The van der Waals surface area contributed by atoms with Gasteiger partial charge in [-0.05, 0) is 11.1 Å². The first-order valence-electron chi connectivity index (χ1n) is 5.88. The monoisotopic (exact) mass is 240 g/mol. The Morgan fingerprint density at radius 1 is 0.778 bits per heavy atom. The molecule has 0 aliphatic rings. The van der Waals surface area contributed by atoms with Crippen molar-refractivity contribution in [2.24, 2.45) is 11.5 Å². The first-order chi connectivity index (χ1) is 8.77. The molecule has 0 saturated heterocycles. The van der Waals surface area contributed by atoms with Crippen molar-refractivity contribution in [2.45, 2.75) is 13.1 Å². The lowest BCUT2D eigenvalue weighted by atomic mass is 9.95. The quantitative estimate of drug-likeness (QED) is 0.801. The highest BCUT2D eigenvalue weighted by Crippen LogP contribution is 2.17. The molecule has 3 heteroatoms. The van der Waals surface area contributed by atoms with Crippen LogP contribution in [0.4, 0.5) is 0 Å². The molecule has 0 heterocycles. The van der Waals surface area contributed by atoms with E-state index < -0.39 is 0 Å². The summed E-state index contributed by atoms with van der Waals surface area (Å²) >= 11 is 0. The second-order valence-corrected chi connectivity index (χ2v) is 4.05. The fraction of sp³-hybridized carbons (Fsp3) is 0.133. The number of carbonyl (C=O) groups is 1. The van der Waals surface area contributed by atoms with E-state index >= 15 is 0 Å². The van der Waals surface area contributed by atoms with E-state index in [2.05, 4.69) is 0 Å². The molecule has 0 aromatic heterocycles. The van der Waals surface area contributed by atoms with Crippen LogP contribution in [0.15, 0.2) is 48.5 Å². The van der Waals surface area contributed by atoms with E-state index in [9.17, 15) is 4.79 Å². The second-order valence-electron chi connectivity index (χ2n) is 4.05. The van der Waals surface area contributed by atoms with Gasteiger partial charge in [0.05, 0.1) is 0 Å². The second kappa shape index (κ2) is 5.58. The molecule has 0 saturated carbocycles. The Morgan fingerprint density at radius 2 is 1.17 bits per heavy atom. The lowest BCUT2D eigenvalue weighted by Crippen LogP contribution is -2.12. The first kappa shape index (κ1) is 12.5. The van der Waals surface area contributed by atoms with Crippen molar-refractivity contribution in [3.05, 3.63) is 70.8 Å². The number of nitrogens with two attached hydrogens (primary N) is 2. The summed E-state index contributed by atoms with van der Waals surface area (Å²) in [7, 11) is 0. The Labute approximate surface area is 106 Å². The number of rotatable bonds is 4. The lowest BCUT2D eigenvalue weighted by Gasteiger charge is -2.09. The van der Waals surface area contributed by atoms with Gasteiger partial charge in [0, 0.05) is 24.2 Å². The molecular formula is C15H16N2O. The van der Waals surface area contributed by atoms with Crippen LogP contribution >= 0.6 is 0 Å². The van der Waals surface area contributed by atoms with E-state index in [0.717, 1.165) is 11.1 Å². The average molecular weight is 240 g/mol. The third-order valence-corrected chi connectivity index (χ3v) is 2.96. The van der Waals surface area contributed by atoms with Crippen molar-refractivity contribution in [1.29, 1.82) is 0 Å². The number of carbonyl (C=O) groups excluding carboxylic acids is 1. The molecule has 3 nitrogen and oxygen atoms in total. The van der Waals surface area contributed by atoms with Crippen LogP contribution in [-0.4, -0.2) is 5.78 Å². The smallest absolute Gasteiger partial charge is 0.193 e. The minimum atomic E-state index is -0.0166. The minimum absolute atomic E-state index is 0.0166. The first-order valence-corrected chi connectivity index (χ1v) is 5.88. The van der Waals surface area contributed by atoms with Crippen molar-refractivity contribution in [3.63, 3.8) is 0 Å². The van der Waals surface area contributed by atoms with Gasteiger partial charge in [0.15, 0.2) is 5.78 Å². The van der Waals surface area contributed by atoms with E-state index in [-0.39, 0.29) is 5.78 Å². The Bertz CT molecular complexity index is 514. The summed E-state index contributed by atoms with van der Waals surface area (Å²) in [6.45, 7) is 0.708. The van der Waals surface area contributed by atoms with Crippen molar-refractivity contribution in [2.75, 3.05) is 0 Å². The zero-order chi connectivity index (χ0) is 13.0. The number of hydrogen-bond acceptors (Lipinski definition) is 3. The highest BCUT2D eigenvalue weighted by Gasteiger charge is 2.14. The fourth-order valence-corrected chi connectivity index (χ4v) is 1.98. The molecule has 18 heavy (non-hydrogen) atoms. The molecule has 2 aromatic rings. The van der Waals surface area contributed by atoms with Gasteiger partial charge >= 0.3 is 0 Å². The molecule has 0 spiro atoms. The summed E-state index contributed by atoms with van der Waals surface area (Å²) < 4.78 is 0. The predicted octanol–water partition coefficient (Wildman–Crippen LogP) is 1.84. The van der Waals surface area contributed by atoms with Crippen molar-refractivity contribution in [3.8, 4) is 0 Å². The van der Waals surface area contributed by atoms with Crippen LogP contribution < -0.4 is 11.5 Å². The third-order valence-electron chi connectivity index (χ3n) is 2.96. The van der Waals surface area contributed by atoms with Gasteiger partial charge in [-0.1, -0.05) is 48.5 Å². The summed E-state index contributed by atoms with van der Waals surface area (Å²) in [5.74, 6) is -0.0166. The van der Waals surface area contributed by atoms with Gasteiger partial charge in [0.1, 0.15) is 0 Å². The zero-order valence-electron chi connectivity index (χ0n) is 10.1. The van der Waals surface area contributed by atoms with Gasteiger partial charge in [-0.2, -0.15) is 0 Å². The van der Waals surface area contributed by atoms with Crippen molar-refractivity contribution in [1.82, 2.24) is 0 Å². The molecule has 0 atom stereocenters. The molecule has 2 aromatic carbocycles. The number of ketones is 1. The summed E-state index contributed by atoms with van der Waals surface area (Å²) in [6, 6.07) is 14.8. The van der Waals surface area contributed by atoms with Gasteiger partial charge in [-0.15, -0.1) is 0 Å². The molecule has 0 fully saturated rings. The van der Waals surface area contributed by atoms with Crippen LogP contribution in [0.3, 0.4) is 0 Å². The van der Waals surface area contributed by atoms with Crippen LogP contribution in [-0.2, 0) is 13.1 Å². The molecule has 92 valence electrons. The van der Waals surface area contributed by atoms with Gasteiger partial charge in [0.25, 0.3) is 0 Å². The third kappa shape index (κ3) is 2.32. The molecular weight excluding hydrogens is 224 g/mol. The maximum absolute atomic E-state index is 12.5. The summed E-state index contributed by atoms with van der Waals surface area (Å²) in [4.78, 5) is 12.5. The van der Waals surface area contributed by atoms with Crippen LogP contribution in [0, 0.1) is 0 Å². The van der Waals surface area contributed by atoms with Gasteiger partial charge in [0.2, 0.25) is 0 Å². The molecule has 4 N–H and O–H groups in total. The van der Waals surface area contributed by atoms with Crippen LogP contribution in [0.1, 0.15) is 27.0 Å². The Hall–Kier alpha value is -1.97. The molecule has 2 rings (SSSR count). The predicted molar refractivity (Wildman–Crippen MR) is 72.1 cm³/mol. The standard InChI is InChI=1S/C15H16N2O/c16-9-11-5-1-3-7-13(11)15(18)14-8-4-2-6-12(14)10-17/h1-8H,9-10,16-17H2. The Kier molecular flexibility index (Phi) is 3.87. The van der Waals surface area contributed by atoms with E-state index in [4.69, 9.17) is 11.5 Å². The molecule has 0 radical (unpaired) electrons. The van der Waals surface area contributed by atoms with E-state index in [0.29, 0.717) is 24.2 Å². The number of benzene rings is 2. The Morgan fingerprint density at radius 3 is 1.56 bits per heavy atom. The van der Waals surface area contributed by atoms with Gasteiger partial charge in [-0.3, -0.25) is 4.79 Å². The zero-order valence-corrected chi connectivity index (χ0v) is 10.1. The van der Waals surface area contributed by atoms with Gasteiger partial charge in [-0.25, -0.2) is 0 Å². The lowest BCUT2D eigenvalue weighted by molar-refractivity contribution is 0.103. The molecule has 0 aliphatic heterocycles. The van der Waals surface area contributed by atoms with Crippen LogP contribution in [0.5, 0.6) is 0 Å². The van der Waals surface area contributed by atoms with Crippen LogP contribution in [0.2, 0.25) is 0 Å². The van der Waals surface area contributed by atoms with Gasteiger partial charge < -0.3 is 11.5 Å². The minimum Gasteiger partial charge on any atom is -0.326 e. The fourth-order valence-electron chi connectivity index (χ4n) is 1.98. The highest BCUT2D eigenvalue weighted by atomic mass is 16.1. The van der Waals surface area contributed by atoms with Crippen molar-refractivity contribution < 1.29 is 4.79 Å². The average Bonchev–Trinajstić information content (AvgIpc) is 2.46. The molecule has 0 aliphatic carbocycles. The van der Waals surface area contributed by atoms with E-state index in [1.54, 1.807) is 12.1 Å². The maximum Gasteiger partial charge on any atom is 0.193 e. The summed E-state index contributed by atoms with van der Waals surface area (Å²) in [5.41, 5.74) is 14.3. The Balaban J connectivity index is 2.48. The molecule has 0 unspecified atom stereocenters. The van der Waals surface area contributed by atoms with E-state index in [1.165, 1.54) is 0 Å². The highest BCUT2D eigenvalue weighted by molar-refractivity contribution is 6.10. The topological polar surface area (TPSA) is 69.1 Å². The SMILES string of the molecule is NCc1ccccc1C(=O)c1ccccc1CN. The summed E-state index contributed by atoms with van der Waals surface area (Å²) in [6.07, 6.45) is 0.